The first-order chi connectivity index (χ1) is 6.07. The van der Waals surface area contributed by atoms with Crippen molar-refractivity contribution in [2.45, 2.75) is 39.7 Å². The van der Waals surface area contributed by atoms with Gasteiger partial charge >= 0.3 is 0 Å². The summed E-state index contributed by atoms with van der Waals surface area (Å²) in [6.45, 7) is 6.45. The second-order valence-electron chi connectivity index (χ2n) is 3.14. The van der Waals surface area contributed by atoms with E-state index in [2.05, 4.69) is 6.92 Å². The summed E-state index contributed by atoms with van der Waals surface area (Å²) in [5.41, 5.74) is 5.64. The van der Waals surface area contributed by atoms with Gasteiger partial charge in [0.15, 0.2) is 0 Å². The van der Waals surface area contributed by atoms with Gasteiger partial charge < -0.3 is 10.5 Å². The van der Waals surface area contributed by atoms with Gasteiger partial charge in [-0.05, 0) is 26.3 Å². The van der Waals surface area contributed by atoms with E-state index in [9.17, 15) is 4.79 Å². The smallest absolute Gasteiger partial charge is 0.244 e. The molecule has 1 unspecified atom stereocenters. The lowest BCUT2D eigenvalue weighted by molar-refractivity contribution is -0.114. The molecular formula is C10H19NO2. The number of rotatable bonds is 6. The maximum atomic E-state index is 10.7. The fourth-order valence-corrected chi connectivity index (χ4v) is 0.896. The zero-order valence-electron chi connectivity index (χ0n) is 8.67. The molecule has 0 aromatic rings. The van der Waals surface area contributed by atoms with Crippen molar-refractivity contribution in [2.24, 2.45) is 5.73 Å². The van der Waals surface area contributed by atoms with Crippen LogP contribution in [0.15, 0.2) is 11.6 Å². The van der Waals surface area contributed by atoms with Crippen LogP contribution in [-0.4, -0.2) is 18.6 Å². The van der Waals surface area contributed by atoms with Gasteiger partial charge in [-0.3, -0.25) is 4.79 Å². The molecule has 0 saturated heterocycles. The number of primary amides is 1. The van der Waals surface area contributed by atoms with E-state index in [0.717, 1.165) is 19.4 Å². The van der Waals surface area contributed by atoms with Crippen molar-refractivity contribution < 1.29 is 9.53 Å². The Morgan fingerprint density at radius 1 is 1.62 bits per heavy atom. The van der Waals surface area contributed by atoms with Crippen LogP contribution in [0, 0.1) is 0 Å². The van der Waals surface area contributed by atoms with Crippen molar-refractivity contribution in [3.63, 3.8) is 0 Å². The molecule has 76 valence electrons. The summed E-state index contributed by atoms with van der Waals surface area (Å²) in [5, 5.41) is 0. The molecule has 0 saturated carbocycles. The molecule has 0 radical (unpaired) electrons. The average molecular weight is 185 g/mol. The molecule has 3 heteroatoms. The molecule has 0 rings (SSSR count). The summed E-state index contributed by atoms with van der Waals surface area (Å²) in [4.78, 5) is 10.7. The Morgan fingerprint density at radius 3 is 2.69 bits per heavy atom. The van der Waals surface area contributed by atoms with Gasteiger partial charge in [-0.25, -0.2) is 0 Å². The molecule has 2 N–H and O–H groups in total. The highest BCUT2D eigenvalue weighted by molar-refractivity contribution is 5.91. The SMILES string of the molecule is CCCCOC(C)/C=C(/C)C(N)=O. The van der Waals surface area contributed by atoms with Crippen LogP contribution >= 0.6 is 0 Å². The number of hydrogen-bond acceptors (Lipinski definition) is 2. The van der Waals surface area contributed by atoms with Crippen molar-refractivity contribution in [3.8, 4) is 0 Å². The summed E-state index contributed by atoms with van der Waals surface area (Å²) in [6, 6.07) is 0. The lowest BCUT2D eigenvalue weighted by atomic mass is 10.2. The highest BCUT2D eigenvalue weighted by atomic mass is 16.5. The molecule has 0 aliphatic rings. The number of nitrogens with two attached hydrogens (primary N) is 1. The number of hydrogen-bond donors (Lipinski definition) is 1. The van der Waals surface area contributed by atoms with E-state index in [4.69, 9.17) is 10.5 Å². The van der Waals surface area contributed by atoms with E-state index < -0.39 is 0 Å². The molecule has 3 nitrogen and oxygen atoms in total. The van der Waals surface area contributed by atoms with Crippen molar-refractivity contribution >= 4 is 5.91 Å². The first-order valence-corrected chi connectivity index (χ1v) is 4.67. The van der Waals surface area contributed by atoms with Gasteiger partial charge in [0.1, 0.15) is 0 Å². The zero-order valence-corrected chi connectivity index (χ0v) is 8.67. The third kappa shape index (κ3) is 6.34. The van der Waals surface area contributed by atoms with Gasteiger partial charge in [0, 0.05) is 12.2 Å². The summed E-state index contributed by atoms with van der Waals surface area (Å²) in [7, 11) is 0. The van der Waals surface area contributed by atoms with Gasteiger partial charge in [-0.2, -0.15) is 0 Å². The fourth-order valence-electron chi connectivity index (χ4n) is 0.896. The lowest BCUT2D eigenvalue weighted by Gasteiger charge is -2.08. The average Bonchev–Trinajstić information content (AvgIpc) is 2.04. The highest BCUT2D eigenvalue weighted by Crippen LogP contribution is 2.00. The van der Waals surface area contributed by atoms with Gasteiger partial charge in [0.05, 0.1) is 6.10 Å². The molecule has 13 heavy (non-hydrogen) atoms. The van der Waals surface area contributed by atoms with E-state index in [1.807, 2.05) is 6.92 Å². The monoisotopic (exact) mass is 185 g/mol. The van der Waals surface area contributed by atoms with Gasteiger partial charge in [0.25, 0.3) is 0 Å². The van der Waals surface area contributed by atoms with Crippen molar-refractivity contribution in [1.82, 2.24) is 0 Å². The summed E-state index contributed by atoms with van der Waals surface area (Å²) in [5.74, 6) is -0.383. The van der Waals surface area contributed by atoms with E-state index in [1.165, 1.54) is 0 Å². The van der Waals surface area contributed by atoms with Crippen molar-refractivity contribution in [2.75, 3.05) is 6.61 Å². The van der Waals surface area contributed by atoms with Gasteiger partial charge in [-0.15, -0.1) is 0 Å². The van der Waals surface area contributed by atoms with Crippen molar-refractivity contribution in [1.29, 1.82) is 0 Å². The van der Waals surface area contributed by atoms with Crippen molar-refractivity contribution in [3.05, 3.63) is 11.6 Å². The standard InChI is InChI=1S/C10H19NO2/c1-4-5-6-13-9(3)7-8(2)10(11)12/h7,9H,4-6H2,1-3H3,(H2,11,12)/b8-7-. The molecule has 0 aromatic carbocycles. The second kappa shape index (κ2) is 6.66. The Bertz CT molecular complexity index is 187. The minimum atomic E-state index is -0.383. The van der Waals surface area contributed by atoms with Crippen LogP contribution < -0.4 is 5.73 Å². The van der Waals surface area contributed by atoms with E-state index in [0.29, 0.717) is 5.57 Å². The number of carbonyl (C=O) groups is 1. The Morgan fingerprint density at radius 2 is 2.23 bits per heavy atom. The Balaban J connectivity index is 3.78. The molecule has 0 aliphatic carbocycles. The topological polar surface area (TPSA) is 52.3 Å². The number of unbranched alkanes of at least 4 members (excludes halogenated alkanes) is 1. The van der Waals surface area contributed by atoms with E-state index >= 15 is 0 Å². The predicted molar refractivity (Wildman–Crippen MR) is 53.3 cm³/mol. The molecule has 0 fully saturated rings. The molecular weight excluding hydrogens is 166 g/mol. The van der Waals surface area contributed by atoms with E-state index in [1.54, 1.807) is 13.0 Å². The quantitative estimate of drug-likeness (QED) is 0.505. The molecule has 0 spiro atoms. The third-order valence-corrected chi connectivity index (χ3v) is 1.75. The molecule has 0 aromatic heterocycles. The summed E-state index contributed by atoms with van der Waals surface area (Å²) < 4.78 is 5.42. The van der Waals surface area contributed by atoms with Crippen LogP contribution in [0.2, 0.25) is 0 Å². The second-order valence-corrected chi connectivity index (χ2v) is 3.14. The van der Waals surface area contributed by atoms with Gasteiger partial charge in [0.2, 0.25) is 5.91 Å². The largest absolute Gasteiger partial charge is 0.374 e. The maximum absolute atomic E-state index is 10.7. The number of ether oxygens (including phenoxy) is 1. The summed E-state index contributed by atoms with van der Waals surface area (Å²) in [6.07, 6.45) is 3.89. The van der Waals surface area contributed by atoms with E-state index in [-0.39, 0.29) is 12.0 Å². The number of amides is 1. The van der Waals surface area contributed by atoms with Crippen LogP contribution in [0.1, 0.15) is 33.6 Å². The van der Waals surface area contributed by atoms with Crippen LogP contribution in [0.4, 0.5) is 0 Å². The summed E-state index contributed by atoms with van der Waals surface area (Å²) >= 11 is 0. The molecule has 0 aliphatic heterocycles. The fraction of sp³-hybridized carbons (Fsp3) is 0.700. The van der Waals surface area contributed by atoms with Crippen LogP contribution in [0.3, 0.4) is 0 Å². The Labute approximate surface area is 79.9 Å². The van der Waals surface area contributed by atoms with Crippen LogP contribution in [0.25, 0.3) is 0 Å². The molecule has 1 atom stereocenters. The zero-order chi connectivity index (χ0) is 10.3. The minimum absolute atomic E-state index is 0.0287. The van der Waals surface area contributed by atoms with Crippen LogP contribution in [-0.2, 0) is 9.53 Å². The van der Waals surface area contributed by atoms with Gasteiger partial charge in [-0.1, -0.05) is 13.3 Å². The minimum Gasteiger partial charge on any atom is -0.374 e. The highest BCUT2D eigenvalue weighted by Gasteiger charge is 2.01. The molecule has 0 bridgehead atoms. The normalized spacial score (nSPS) is 14.2. The van der Waals surface area contributed by atoms with Crippen LogP contribution in [0.5, 0.6) is 0 Å². The molecule has 1 amide bonds. The molecule has 0 heterocycles. The lowest BCUT2D eigenvalue weighted by Crippen LogP contribution is -2.15. The Kier molecular flexibility index (Phi) is 6.24. The maximum Gasteiger partial charge on any atom is 0.244 e. The first kappa shape index (κ1) is 12.2. The Hall–Kier alpha value is -0.830. The first-order valence-electron chi connectivity index (χ1n) is 4.67. The number of carbonyl (C=O) groups excluding carboxylic acids is 1. The predicted octanol–water partition coefficient (Wildman–Crippen LogP) is 1.62. The third-order valence-electron chi connectivity index (χ3n) is 1.75.